The van der Waals surface area contributed by atoms with Gasteiger partial charge in [-0.2, -0.15) is 5.26 Å². The first-order valence-electron chi connectivity index (χ1n) is 12.3. The van der Waals surface area contributed by atoms with Crippen LogP contribution >= 0.6 is 0 Å². The normalized spacial score (nSPS) is 15.3. The van der Waals surface area contributed by atoms with Crippen molar-refractivity contribution >= 4 is 40.1 Å². The highest BCUT2D eigenvalue weighted by molar-refractivity contribution is 6.04. The van der Waals surface area contributed by atoms with E-state index in [1.165, 1.54) is 6.33 Å². The summed E-state index contributed by atoms with van der Waals surface area (Å²) in [5.74, 6) is 0.639. The molecule has 1 saturated heterocycles. The quantitative estimate of drug-likeness (QED) is 0.369. The first-order valence-corrected chi connectivity index (χ1v) is 12.3. The maximum Gasteiger partial charge on any atom is 0.255 e. The number of halogens is 1. The number of hydrogen-bond donors (Lipinski definition) is 2. The Morgan fingerprint density at radius 3 is 2.79 bits per heavy atom. The Bertz CT molecular complexity index is 1560. The number of carbonyl (C=O) groups excluding carboxylic acids is 1. The van der Waals surface area contributed by atoms with Crippen molar-refractivity contribution in [3.05, 3.63) is 71.7 Å². The smallest absolute Gasteiger partial charge is 0.255 e. The lowest BCUT2D eigenvalue weighted by Gasteiger charge is -2.17. The molecule has 0 aliphatic carbocycles. The Morgan fingerprint density at radius 2 is 2.03 bits per heavy atom. The number of nitriles is 1. The fourth-order valence-electron chi connectivity index (χ4n) is 4.27. The third-order valence-electron chi connectivity index (χ3n) is 6.65. The summed E-state index contributed by atoms with van der Waals surface area (Å²) in [5, 5.41) is 15.7. The summed E-state index contributed by atoms with van der Waals surface area (Å²) in [6.07, 6.45) is 2.61. The molecule has 192 valence electrons. The van der Waals surface area contributed by atoms with Gasteiger partial charge in [0.2, 0.25) is 5.95 Å². The molecule has 1 aliphatic rings. The van der Waals surface area contributed by atoms with E-state index >= 15 is 0 Å². The number of aryl methyl sites for hydroxylation is 1. The maximum atomic E-state index is 13.7. The highest BCUT2D eigenvalue weighted by atomic mass is 19.1. The first-order chi connectivity index (χ1) is 18.2. The van der Waals surface area contributed by atoms with Gasteiger partial charge in [0, 0.05) is 23.5 Å². The fourth-order valence-corrected chi connectivity index (χ4v) is 4.27. The van der Waals surface area contributed by atoms with Crippen LogP contribution in [0.2, 0.25) is 0 Å². The number of fused-ring (bicyclic) bond motifs is 1. The van der Waals surface area contributed by atoms with E-state index in [0.29, 0.717) is 47.0 Å². The van der Waals surface area contributed by atoms with Gasteiger partial charge in [-0.1, -0.05) is 18.2 Å². The topological polar surface area (TPSA) is 120 Å². The van der Waals surface area contributed by atoms with Crippen molar-refractivity contribution in [1.29, 1.82) is 5.26 Å². The van der Waals surface area contributed by atoms with Gasteiger partial charge in [0.1, 0.15) is 23.5 Å². The number of alkyl halides is 1. The summed E-state index contributed by atoms with van der Waals surface area (Å²) in [7, 11) is 0. The molecule has 9 nitrogen and oxygen atoms in total. The zero-order chi connectivity index (χ0) is 26.9. The predicted molar refractivity (Wildman–Crippen MR) is 144 cm³/mol. The molecule has 2 aromatic carbocycles. The van der Waals surface area contributed by atoms with Crippen LogP contribution in [0.3, 0.4) is 0 Å². The monoisotopic (exact) mass is 510 g/mol. The molecule has 38 heavy (non-hydrogen) atoms. The number of hydrogen-bond acceptors (Lipinski definition) is 8. The highest BCUT2D eigenvalue weighted by Crippen LogP contribution is 2.29. The van der Waals surface area contributed by atoms with Gasteiger partial charge in [0.25, 0.3) is 5.91 Å². The standard InChI is InChI=1S/C28H27FN8O/c1-17-7-8-21(34-26(38)18-5-4-6-19(11-18)28(2,3)15-30)12-22(17)35-25-24-23(32-16-33-25)13-31-27(36-24)37-10-9-20(29)14-37/h4-8,11-13,16,20H,9-10,14H2,1-3H3,(H,34,38)(H,32,33,35)/t20-/m1/s1. The van der Waals surface area contributed by atoms with Crippen LogP contribution in [0.25, 0.3) is 11.0 Å². The van der Waals surface area contributed by atoms with Crippen molar-refractivity contribution in [2.45, 2.75) is 38.8 Å². The van der Waals surface area contributed by atoms with E-state index in [1.807, 2.05) is 49.9 Å². The second kappa shape index (κ2) is 10.0. The van der Waals surface area contributed by atoms with E-state index < -0.39 is 11.6 Å². The first kappa shape index (κ1) is 25.0. The van der Waals surface area contributed by atoms with Crippen molar-refractivity contribution in [3.63, 3.8) is 0 Å². The molecule has 10 heteroatoms. The Labute approximate surface area is 219 Å². The van der Waals surface area contributed by atoms with Crippen molar-refractivity contribution < 1.29 is 9.18 Å². The summed E-state index contributed by atoms with van der Waals surface area (Å²) >= 11 is 0. The van der Waals surface area contributed by atoms with E-state index in [-0.39, 0.29) is 12.5 Å². The number of nitrogens with one attached hydrogen (secondary N) is 2. The average molecular weight is 511 g/mol. The van der Waals surface area contributed by atoms with Crippen LogP contribution in [0.5, 0.6) is 0 Å². The molecular weight excluding hydrogens is 483 g/mol. The molecule has 5 rings (SSSR count). The van der Waals surface area contributed by atoms with E-state index in [1.54, 1.807) is 24.4 Å². The van der Waals surface area contributed by atoms with Gasteiger partial charge in [-0.15, -0.1) is 0 Å². The predicted octanol–water partition coefficient (Wildman–Crippen LogP) is 5.07. The zero-order valence-corrected chi connectivity index (χ0v) is 21.4. The second-order valence-corrected chi connectivity index (χ2v) is 9.88. The Hall–Kier alpha value is -4.65. The van der Waals surface area contributed by atoms with Gasteiger partial charge in [0.05, 0.1) is 24.2 Å². The summed E-state index contributed by atoms with van der Waals surface area (Å²) < 4.78 is 13.7. The maximum absolute atomic E-state index is 13.7. The molecule has 2 N–H and O–H groups in total. The molecule has 0 radical (unpaired) electrons. The minimum absolute atomic E-state index is 0.264. The molecular formula is C28H27FN8O. The summed E-state index contributed by atoms with van der Waals surface area (Å²) in [5.41, 5.74) is 3.86. The number of carbonyl (C=O) groups is 1. The van der Waals surface area contributed by atoms with Crippen LogP contribution in [0, 0.1) is 18.3 Å². The van der Waals surface area contributed by atoms with Crippen molar-refractivity contribution in [2.75, 3.05) is 28.6 Å². The Balaban J connectivity index is 1.40. The molecule has 0 spiro atoms. The third-order valence-corrected chi connectivity index (χ3v) is 6.65. The van der Waals surface area contributed by atoms with Gasteiger partial charge >= 0.3 is 0 Å². The van der Waals surface area contributed by atoms with Crippen LogP contribution < -0.4 is 15.5 Å². The van der Waals surface area contributed by atoms with Crippen LogP contribution in [-0.2, 0) is 5.41 Å². The number of amides is 1. The number of nitrogens with zero attached hydrogens (tertiary/aromatic N) is 6. The molecule has 2 aromatic heterocycles. The molecule has 4 aromatic rings. The zero-order valence-electron chi connectivity index (χ0n) is 21.4. The van der Waals surface area contributed by atoms with Crippen molar-refractivity contribution in [2.24, 2.45) is 0 Å². The van der Waals surface area contributed by atoms with Gasteiger partial charge in [-0.05, 0) is 62.6 Å². The summed E-state index contributed by atoms with van der Waals surface area (Å²) in [6.45, 7) is 6.39. The van der Waals surface area contributed by atoms with E-state index in [9.17, 15) is 14.4 Å². The van der Waals surface area contributed by atoms with Crippen LogP contribution in [-0.4, -0.2) is 45.1 Å². The minimum atomic E-state index is -0.889. The molecule has 1 amide bonds. The molecule has 0 bridgehead atoms. The summed E-state index contributed by atoms with van der Waals surface area (Å²) in [4.78, 5) is 32.5. The molecule has 1 fully saturated rings. The fraction of sp³-hybridized carbons (Fsp3) is 0.286. The van der Waals surface area contributed by atoms with E-state index in [2.05, 4.69) is 36.6 Å². The lowest BCUT2D eigenvalue weighted by Crippen LogP contribution is -2.22. The van der Waals surface area contributed by atoms with Crippen LogP contribution in [0.15, 0.2) is 55.0 Å². The van der Waals surface area contributed by atoms with Crippen LogP contribution in [0.4, 0.5) is 27.5 Å². The SMILES string of the molecule is Cc1ccc(NC(=O)c2cccc(C(C)(C)C#N)c2)cc1Nc1ncnc2cnc(N3CC[C@@H](F)C3)nc12. The highest BCUT2D eigenvalue weighted by Gasteiger charge is 2.24. The average Bonchev–Trinajstić information content (AvgIpc) is 3.36. The van der Waals surface area contributed by atoms with Gasteiger partial charge in [0.15, 0.2) is 5.82 Å². The lowest BCUT2D eigenvalue weighted by atomic mass is 9.85. The third kappa shape index (κ3) is 5.09. The molecule has 1 aliphatic heterocycles. The van der Waals surface area contributed by atoms with Gasteiger partial charge in [-0.3, -0.25) is 4.79 Å². The Kier molecular flexibility index (Phi) is 6.59. The molecule has 0 unspecified atom stereocenters. The van der Waals surface area contributed by atoms with E-state index in [4.69, 9.17) is 0 Å². The minimum Gasteiger partial charge on any atom is -0.338 e. The lowest BCUT2D eigenvalue weighted by molar-refractivity contribution is 0.102. The number of benzene rings is 2. The van der Waals surface area contributed by atoms with Crippen LogP contribution in [0.1, 0.15) is 41.8 Å². The second-order valence-electron chi connectivity index (χ2n) is 9.88. The molecule has 1 atom stereocenters. The van der Waals surface area contributed by atoms with Crippen molar-refractivity contribution in [3.8, 4) is 6.07 Å². The van der Waals surface area contributed by atoms with Crippen molar-refractivity contribution in [1.82, 2.24) is 19.9 Å². The largest absolute Gasteiger partial charge is 0.338 e. The number of rotatable bonds is 6. The Morgan fingerprint density at radius 1 is 1.18 bits per heavy atom. The van der Waals surface area contributed by atoms with Gasteiger partial charge < -0.3 is 15.5 Å². The summed E-state index contributed by atoms with van der Waals surface area (Å²) in [6, 6.07) is 14.9. The number of aromatic nitrogens is 4. The molecule has 3 heterocycles. The number of anilines is 4. The molecule has 0 saturated carbocycles. The van der Waals surface area contributed by atoms with Gasteiger partial charge in [-0.25, -0.2) is 24.3 Å². The van der Waals surface area contributed by atoms with E-state index in [0.717, 1.165) is 16.8 Å².